The third kappa shape index (κ3) is 1.91. The van der Waals surface area contributed by atoms with Gasteiger partial charge in [0.1, 0.15) is 0 Å². The second kappa shape index (κ2) is 4.04. The molecule has 0 amide bonds. The van der Waals surface area contributed by atoms with E-state index in [2.05, 4.69) is 22.6 Å². The quantitative estimate of drug-likeness (QED) is 0.790. The molecule has 0 spiro atoms. The molecule has 0 aromatic heterocycles. The number of hydrogen-bond donors (Lipinski definition) is 2. The Balaban J connectivity index is 3.10. The highest BCUT2D eigenvalue weighted by Crippen LogP contribution is 2.17. The lowest BCUT2D eigenvalue weighted by molar-refractivity contribution is 0.273. The molecule has 0 aliphatic rings. The number of benzene rings is 1. The van der Waals surface area contributed by atoms with Crippen molar-refractivity contribution in [2.45, 2.75) is 13.2 Å². The molecule has 0 saturated carbocycles. The van der Waals surface area contributed by atoms with Crippen LogP contribution in [0, 0.1) is 3.57 Å². The minimum absolute atomic E-state index is 0.0338. The first-order chi connectivity index (χ1) is 5.29. The lowest BCUT2D eigenvalue weighted by atomic mass is 10.1. The van der Waals surface area contributed by atoms with Gasteiger partial charge in [0.2, 0.25) is 0 Å². The van der Waals surface area contributed by atoms with E-state index in [4.69, 9.17) is 10.2 Å². The maximum absolute atomic E-state index is 8.85. The molecule has 0 atom stereocenters. The van der Waals surface area contributed by atoms with Crippen LogP contribution in [0.1, 0.15) is 11.1 Å². The number of rotatable bonds is 2. The molecule has 0 unspecified atom stereocenters. The van der Waals surface area contributed by atoms with Gasteiger partial charge >= 0.3 is 0 Å². The van der Waals surface area contributed by atoms with Gasteiger partial charge in [-0.1, -0.05) is 18.2 Å². The first-order valence-corrected chi connectivity index (χ1v) is 4.35. The number of halogens is 1. The third-order valence-corrected chi connectivity index (χ3v) is 2.88. The molecule has 1 aromatic rings. The van der Waals surface area contributed by atoms with Crippen LogP contribution < -0.4 is 0 Å². The SMILES string of the molecule is OCc1cccc(CO)c1I. The van der Waals surface area contributed by atoms with E-state index in [0.717, 1.165) is 14.7 Å². The maximum Gasteiger partial charge on any atom is 0.0692 e. The van der Waals surface area contributed by atoms with Crippen molar-refractivity contribution >= 4 is 22.6 Å². The molecule has 0 aliphatic carbocycles. The van der Waals surface area contributed by atoms with Gasteiger partial charge in [-0.3, -0.25) is 0 Å². The summed E-state index contributed by atoms with van der Waals surface area (Å²) in [6.45, 7) is 0.0677. The average Bonchev–Trinajstić information content (AvgIpc) is 2.05. The predicted octanol–water partition coefficient (Wildman–Crippen LogP) is 1.28. The van der Waals surface area contributed by atoms with Crippen LogP contribution in [0.15, 0.2) is 18.2 Å². The summed E-state index contributed by atoms with van der Waals surface area (Å²) in [5, 5.41) is 17.7. The van der Waals surface area contributed by atoms with Crippen molar-refractivity contribution in [2.75, 3.05) is 0 Å². The second-order valence-corrected chi connectivity index (χ2v) is 3.29. The van der Waals surface area contributed by atoms with Crippen LogP contribution in [0.2, 0.25) is 0 Å². The van der Waals surface area contributed by atoms with E-state index in [1.165, 1.54) is 0 Å². The Kier molecular flexibility index (Phi) is 3.29. The van der Waals surface area contributed by atoms with Gasteiger partial charge in [0, 0.05) is 3.57 Å². The third-order valence-electron chi connectivity index (χ3n) is 1.50. The van der Waals surface area contributed by atoms with Gasteiger partial charge in [0.15, 0.2) is 0 Å². The topological polar surface area (TPSA) is 40.5 Å². The van der Waals surface area contributed by atoms with Gasteiger partial charge in [0.25, 0.3) is 0 Å². The standard InChI is InChI=1S/C8H9IO2/c9-8-6(4-10)2-1-3-7(8)5-11/h1-3,10-11H,4-5H2. The maximum atomic E-state index is 8.85. The fourth-order valence-corrected chi connectivity index (χ4v) is 1.58. The molecule has 11 heavy (non-hydrogen) atoms. The summed E-state index contributed by atoms with van der Waals surface area (Å²) >= 11 is 2.12. The first-order valence-electron chi connectivity index (χ1n) is 3.27. The van der Waals surface area contributed by atoms with Crippen LogP contribution in [-0.4, -0.2) is 10.2 Å². The normalized spacial score (nSPS) is 10.1. The zero-order valence-corrected chi connectivity index (χ0v) is 8.08. The molecule has 0 saturated heterocycles. The Hall–Kier alpha value is -0.130. The number of aliphatic hydroxyl groups is 2. The van der Waals surface area contributed by atoms with Gasteiger partial charge in [-0.15, -0.1) is 0 Å². The van der Waals surface area contributed by atoms with E-state index in [1.807, 2.05) is 18.2 Å². The summed E-state index contributed by atoms with van der Waals surface area (Å²) in [5.74, 6) is 0. The lowest BCUT2D eigenvalue weighted by Crippen LogP contribution is -1.94. The fraction of sp³-hybridized carbons (Fsp3) is 0.250. The molecule has 3 heteroatoms. The smallest absolute Gasteiger partial charge is 0.0692 e. The van der Waals surface area contributed by atoms with Crippen LogP contribution in [0.3, 0.4) is 0 Å². The molecule has 1 rings (SSSR count). The molecule has 0 heterocycles. The van der Waals surface area contributed by atoms with Crippen LogP contribution in [-0.2, 0) is 13.2 Å². The number of aliphatic hydroxyl groups excluding tert-OH is 2. The van der Waals surface area contributed by atoms with Crippen molar-refractivity contribution in [3.8, 4) is 0 Å². The molecule has 1 aromatic carbocycles. The zero-order valence-electron chi connectivity index (χ0n) is 5.92. The Morgan fingerprint density at radius 1 is 1.09 bits per heavy atom. The number of hydrogen-bond acceptors (Lipinski definition) is 2. The van der Waals surface area contributed by atoms with Gasteiger partial charge in [-0.05, 0) is 33.7 Å². The average molecular weight is 264 g/mol. The molecule has 0 radical (unpaired) electrons. The van der Waals surface area contributed by atoms with Crippen molar-refractivity contribution in [3.63, 3.8) is 0 Å². The van der Waals surface area contributed by atoms with Gasteiger partial charge in [-0.25, -0.2) is 0 Å². The minimum atomic E-state index is 0.0338. The molecule has 0 bridgehead atoms. The monoisotopic (exact) mass is 264 g/mol. The summed E-state index contributed by atoms with van der Waals surface area (Å²) < 4.78 is 0.954. The zero-order chi connectivity index (χ0) is 8.27. The largest absolute Gasteiger partial charge is 0.392 e. The Labute approximate surface area is 79.0 Å². The van der Waals surface area contributed by atoms with Crippen molar-refractivity contribution in [1.82, 2.24) is 0 Å². The minimum Gasteiger partial charge on any atom is -0.392 e. The van der Waals surface area contributed by atoms with Gasteiger partial charge < -0.3 is 10.2 Å². The van der Waals surface area contributed by atoms with Crippen LogP contribution >= 0.6 is 22.6 Å². The molecule has 0 fully saturated rings. The highest BCUT2D eigenvalue weighted by atomic mass is 127. The Morgan fingerprint density at radius 2 is 1.55 bits per heavy atom. The fourth-order valence-electron chi connectivity index (χ4n) is 0.877. The second-order valence-electron chi connectivity index (χ2n) is 2.21. The van der Waals surface area contributed by atoms with Crippen LogP contribution in [0.5, 0.6) is 0 Å². The summed E-state index contributed by atoms with van der Waals surface area (Å²) in [7, 11) is 0. The molecule has 60 valence electrons. The van der Waals surface area contributed by atoms with E-state index in [0.29, 0.717) is 0 Å². The van der Waals surface area contributed by atoms with Crippen molar-refractivity contribution in [3.05, 3.63) is 32.9 Å². The summed E-state index contributed by atoms with van der Waals surface area (Å²) in [6, 6.07) is 5.53. The van der Waals surface area contributed by atoms with E-state index >= 15 is 0 Å². The van der Waals surface area contributed by atoms with E-state index in [1.54, 1.807) is 0 Å². The van der Waals surface area contributed by atoms with Crippen molar-refractivity contribution in [1.29, 1.82) is 0 Å². The van der Waals surface area contributed by atoms with Crippen molar-refractivity contribution in [2.24, 2.45) is 0 Å². The van der Waals surface area contributed by atoms with Crippen LogP contribution in [0.25, 0.3) is 0 Å². The highest BCUT2D eigenvalue weighted by Gasteiger charge is 2.01. The van der Waals surface area contributed by atoms with Crippen molar-refractivity contribution < 1.29 is 10.2 Å². The molecule has 2 N–H and O–H groups in total. The van der Waals surface area contributed by atoms with Gasteiger partial charge in [0.05, 0.1) is 13.2 Å². The predicted molar refractivity (Wildman–Crippen MR) is 51.0 cm³/mol. The van der Waals surface area contributed by atoms with E-state index < -0.39 is 0 Å². The molecular weight excluding hydrogens is 255 g/mol. The molecule has 2 nitrogen and oxygen atoms in total. The first kappa shape index (κ1) is 8.96. The Bertz CT molecular complexity index is 226. The summed E-state index contributed by atoms with van der Waals surface area (Å²) in [5.41, 5.74) is 1.74. The van der Waals surface area contributed by atoms with Gasteiger partial charge in [-0.2, -0.15) is 0 Å². The molecule has 0 aliphatic heterocycles. The summed E-state index contributed by atoms with van der Waals surface area (Å²) in [4.78, 5) is 0. The van der Waals surface area contributed by atoms with E-state index in [9.17, 15) is 0 Å². The lowest BCUT2D eigenvalue weighted by Gasteiger charge is -2.04. The Morgan fingerprint density at radius 3 is 1.91 bits per heavy atom. The van der Waals surface area contributed by atoms with E-state index in [-0.39, 0.29) is 13.2 Å². The summed E-state index contributed by atoms with van der Waals surface area (Å²) in [6.07, 6.45) is 0. The highest BCUT2D eigenvalue weighted by molar-refractivity contribution is 14.1. The van der Waals surface area contributed by atoms with Crippen LogP contribution in [0.4, 0.5) is 0 Å². The molecular formula is C8H9IO2.